The second kappa shape index (κ2) is 9.65. The van der Waals surface area contributed by atoms with Gasteiger partial charge in [0.15, 0.2) is 0 Å². The Kier molecular flexibility index (Phi) is 9.06. The summed E-state index contributed by atoms with van der Waals surface area (Å²) in [5.41, 5.74) is -0.157. The van der Waals surface area contributed by atoms with Gasteiger partial charge in [-0.1, -0.05) is 40.7 Å². The van der Waals surface area contributed by atoms with Gasteiger partial charge in [0.1, 0.15) is 5.78 Å². The minimum absolute atomic E-state index is 0.157. The molecule has 0 N–H and O–H groups in total. The SMILES string of the molecule is CC.CN1CC[C@H](C(=O)C(C)(C)C)C1.c1ccncc1. The molecule has 1 saturated heterocycles. The van der Waals surface area contributed by atoms with Crippen LogP contribution in [0, 0.1) is 11.3 Å². The second-order valence-electron chi connectivity index (χ2n) is 5.89. The number of pyridine rings is 1. The third kappa shape index (κ3) is 7.39. The molecule has 0 unspecified atom stereocenters. The van der Waals surface area contributed by atoms with Crippen molar-refractivity contribution >= 4 is 5.78 Å². The summed E-state index contributed by atoms with van der Waals surface area (Å²) < 4.78 is 0. The summed E-state index contributed by atoms with van der Waals surface area (Å²) in [6, 6.07) is 5.72. The van der Waals surface area contributed by atoms with Crippen molar-refractivity contribution in [1.82, 2.24) is 9.88 Å². The Labute approximate surface area is 124 Å². The lowest BCUT2D eigenvalue weighted by molar-refractivity contribution is -0.129. The summed E-state index contributed by atoms with van der Waals surface area (Å²) in [5.74, 6) is 0.710. The van der Waals surface area contributed by atoms with Crippen molar-refractivity contribution in [2.75, 3.05) is 20.1 Å². The summed E-state index contributed by atoms with van der Waals surface area (Å²) in [4.78, 5) is 17.8. The smallest absolute Gasteiger partial charge is 0.142 e. The first kappa shape index (κ1) is 18.8. The van der Waals surface area contributed by atoms with E-state index in [1.54, 1.807) is 12.4 Å². The molecule has 1 aliphatic rings. The molecule has 0 saturated carbocycles. The van der Waals surface area contributed by atoms with Crippen molar-refractivity contribution < 1.29 is 4.79 Å². The third-order valence-electron chi connectivity index (χ3n) is 3.07. The molecule has 1 aliphatic heterocycles. The molecule has 0 spiro atoms. The van der Waals surface area contributed by atoms with Gasteiger partial charge in [0.2, 0.25) is 0 Å². The molecule has 20 heavy (non-hydrogen) atoms. The average Bonchev–Trinajstić information content (AvgIpc) is 2.88. The highest BCUT2D eigenvalue weighted by atomic mass is 16.1. The summed E-state index contributed by atoms with van der Waals surface area (Å²) >= 11 is 0. The number of hydrogen-bond acceptors (Lipinski definition) is 3. The molecule has 0 bridgehead atoms. The molecule has 2 rings (SSSR count). The number of rotatable bonds is 1. The summed E-state index contributed by atoms with van der Waals surface area (Å²) in [6.45, 7) is 12.1. The van der Waals surface area contributed by atoms with Crippen molar-refractivity contribution in [3.8, 4) is 0 Å². The number of nitrogens with zero attached hydrogens (tertiary/aromatic N) is 2. The van der Waals surface area contributed by atoms with Gasteiger partial charge in [0, 0.05) is 30.3 Å². The molecule has 2 heterocycles. The summed E-state index contributed by atoms with van der Waals surface area (Å²) in [5, 5.41) is 0. The number of hydrogen-bond donors (Lipinski definition) is 0. The first-order chi connectivity index (χ1) is 9.41. The highest BCUT2D eigenvalue weighted by molar-refractivity contribution is 5.86. The van der Waals surface area contributed by atoms with Crippen LogP contribution in [0.5, 0.6) is 0 Å². The number of aromatic nitrogens is 1. The maximum absolute atomic E-state index is 11.8. The molecule has 1 aromatic heterocycles. The molecule has 3 heteroatoms. The Balaban J connectivity index is 0.000000377. The van der Waals surface area contributed by atoms with Gasteiger partial charge in [-0.15, -0.1) is 0 Å². The van der Waals surface area contributed by atoms with E-state index in [-0.39, 0.29) is 11.3 Å². The van der Waals surface area contributed by atoms with Crippen LogP contribution in [0.4, 0.5) is 0 Å². The van der Waals surface area contributed by atoms with Crippen LogP contribution in [-0.4, -0.2) is 35.8 Å². The van der Waals surface area contributed by atoms with Gasteiger partial charge < -0.3 is 4.90 Å². The summed E-state index contributed by atoms with van der Waals surface area (Å²) in [6.07, 6.45) is 4.55. The molecular weight excluding hydrogens is 248 g/mol. The number of Topliss-reactive ketones (excluding diaryl/α,β-unsaturated/α-hetero) is 1. The molecule has 0 radical (unpaired) electrons. The zero-order valence-corrected chi connectivity index (χ0v) is 13.9. The minimum Gasteiger partial charge on any atom is -0.306 e. The number of carbonyl (C=O) groups excluding carboxylic acids is 1. The zero-order valence-electron chi connectivity index (χ0n) is 13.9. The molecule has 0 aromatic carbocycles. The van der Waals surface area contributed by atoms with Crippen molar-refractivity contribution in [2.24, 2.45) is 11.3 Å². The topological polar surface area (TPSA) is 33.2 Å². The Morgan fingerprint density at radius 2 is 1.70 bits per heavy atom. The molecule has 0 amide bonds. The normalized spacial score (nSPS) is 18.4. The number of likely N-dealkylation sites (tertiary alicyclic amines) is 1. The highest BCUT2D eigenvalue weighted by Crippen LogP contribution is 2.25. The van der Waals surface area contributed by atoms with Gasteiger partial charge in [-0.25, -0.2) is 0 Å². The maximum Gasteiger partial charge on any atom is 0.142 e. The fourth-order valence-electron chi connectivity index (χ4n) is 2.07. The fourth-order valence-corrected chi connectivity index (χ4v) is 2.07. The Morgan fingerprint density at radius 3 is 1.95 bits per heavy atom. The van der Waals surface area contributed by atoms with Crippen LogP contribution in [0.15, 0.2) is 30.6 Å². The molecule has 114 valence electrons. The van der Waals surface area contributed by atoms with Crippen molar-refractivity contribution in [1.29, 1.82) is 0 Å². The Bertz CT molecular complexity index is 330. The predicted octanol–water partition coefficient (Wildman–Crippen LogP) is 3.66. The maximum atomic E-state index is 11.8. The first-order valence-electron chi connectivity index (χ1n) is 7.49. The van der Waals surface area contributed by atoms with Crippen LogP contribution in [0.3, 0.4) is 0 Å². The third-order valence-corrected chi connectivity index (χ3v) is 3.07. The Morgan fingerprint density at radius 1 is 1.15 bits per heavy atom. The van der Waals surface area contributed by atoms with Crippen LogP contribution < -0.4 is 0 Å². The van der Waals surface area contributed by atoms with Crippen LogP contribution >= 0.6 is 0 Å². The van der Waals surface area contributed by atoms with Crippen molar-refractivity contribution in [3.05, 3.63) is 30.6 Å². The molecule has 1 atom stereocenters. The summed E-state index contributed by atoms with van der Waals surface area (Å²) in [7, 11) is 2.08. The van der Waals surface area contributed by atoms with Crippen LogP contribution in [-0.2, 0) is 4.79 Å². The molecule has 3 nitrogen and oxygen atoms in total. The number of ketones is 1. The molecule has 1 fully saturated rings. The van der Waals surface area contributed by atoms with Crippen molar-refractivity contribution in [2.45, 2.75) is 41.0 Å². The predicted molar refractivity (Wildman–Crippen MR) is 85.7 cm³/mol. The van der Waals surface area contributed by atoms with E-state index in [0.29, 0.717) is 5.78 Å². The van der Waals surface area contributed by atoms with E-state index < -0.39 is 0 Å². The zero-order chi connectivity index (χ0) is 15.6. The van der Waals surface area contributed by atoms with Gasteiger partial charge in [-0.3, -0.25) is 9.78 Å². The van der Waals surface area contributed by atoms with Gasteiger partial charge in [0.25, 0.3) is 0 Å². The molecule has 0 aliphatic carbocycles. The quantitative estimate of drug-likeness (QED) is 0.786. The Hall–Kier alpha value is -1.22. The largest absolute Gasteiger partial charge is 0.306 e. The lowest BCUT2D eigenvalue weighted by Crippen LogP contribution is -2.29. The second-order valence-corrected chi connectivity index (χ2v) is 5.89. The van der Waals surface area contributed by atoms with E-state index in [1.165, 1.54) is 0 Å². The van der Waals surface area contributed by atoms with Crippen LogP contribution in [0.2, 0.25) is 0 Å². The lowest BCUT2D eigenvalue weighted by Gasteiger charge is -2.21. The van der Waals surface area contributed by atoms with E-state index in [0.717, 1.165) is 19.5 Å². The van der Waals surface area contributed by atoms with Gasteiger partial charge in [-0.05, 0) is 32.1 Å². The molecular formula is C17H30N2O. The molecule has 1 aromatic rings. The van der Waals surface area contributed by atoms with Gasteiger partial charge in [-0.2, -0.15) is 0 Å². The fraction of sp³-hybridized carbons (Fsp3) is 0.647. The van der Waals surface area contributed by atoms with E-state index in [2.05, 4.69) is 16.9 Å². The first-order valence-corrected chi connectivity index (χ1v) is 7.49. The lowest BCUT2D eigenvalue weighted by atomic mass is 9.83. The van der Waals surface area contributed by atoms with E-state index in [4.69, 9.17) is 0 Å². The average molecular weight is 278 g/mol. The van der Waals surface area contributed by atoms with E-state index in [9.17, 15) is 4.79 Å². The minimum atomic E-state index is -0.157. The van der Waals surface area contributed by atoms with Crippen molar-refractivity contribution in [3.63, 3.8) is 0 Å². The van der Waals surface area contributed by atoms with Gasteiger partial charge in [0.05, 0.1) is 0 Å². The highest BCUT2D eigenvalue weighted by Gasteiger charge is 2.33. The monoisotopic (exact) mass is 278 g/mol. The van der Waals surface area contributed by atoms with Gasteiger partial charge >= 0.3 is 0 Å². The van der Waals surface area contributed by atoms with Crippen LogP contribution in [0.25, 0.3) is 0 Å². The number of carbonyl (C=O) groups is 1. The van der Waals surface area contributed by atoms with Crippen LogP contribution in [0.1, 0.15) is 41.0 Å². The van der Waals surface area contributed by atoms with E-state index in [1.807, 2.05) is 52.8 Å². The standard InChI is InChI=1S/C10H19NO.C5H5N.C2H6/c1-10(2,3)9(12)8-5-6-11(4)7-8;1-2-4-6-5-3-1;1-2/h8H,5-7H2,1-4H3;1-5H;1-2H3/t8-;;/m0../s1. The van der Waals surface area contributed by atoms with E-state index >= 15 is 0 Å².